The summed E-state index contributed by atoms with van der Waals surface area (Å²) in [5.41, 5.74) is 0.139. The second-order valence-electron chi connectivity index (χ2n) is 6.11. The van der Waals surface area contributed by atoms with Gasteiger partial charge in [-0.1, -0.05) is 50.2 Å². The number of halogens is 3. The van der Waals surface area contributed by atoms with Crippen molar-refractivity contribution in [1.29, 1.82) is 0 Å². The fraction of sp³-hybridized carbons (Fsp3) is 0.444. The lowest BCUT2D eigenvalue weighted by Crippen LogP contribution is -2.46. The number of hydrogen-bond donors (Lipinski definition) is 1. The summed E-state index contributed by atoms with van der Waals surface area (Å²) in [5.74, 6) is -2.70. The number of hydrogen-bond acceptors (Lipinski definition) is 6. The van der Waals surface area contributed by atoms with E-state index in [0.717, 1.165) is 11.8 Å². The third-order valence-electron chi connectivity index (χ3n) is 4.15. The molecule has 0 radical (unpaired) electrons. The average molecular weight is 415 g/mol. The molecule has 28 heavy (non-hydrogen) atoms. The minimum atomic E-state index is -4.70. The number of carbonyl (C=O) groups is 2. The molecular weight excluding hydrogens is 395 g/mol. The van der Waals surface area contributed by atoms with Crippen LogP contribution in [0.3, 0.4) is 0 Å². The van der Waals surface area contributed by atoms with Gasteiger partial charge in [0.2, 0.25) is 11.7 Å². The quantitative estimate of drug-likeness (QED) is 0.424. The molecule has 0 saturated heterocycles. The zero-order chi connectivity index (χ0) is 20.9. The fourth-order valence-corrected chi connectivity index (χ4v) is 3.26. The van der Waals surface area contributed by atoms with Gasteiger partial charge in [-0.25, -0.2) is 14.8 Å². The molecule has 2 atom stereocenters. The first-order valence-electron chi connectivity index (χ1n) is 8.51. The molecule has 152 valence electrons. The van der Waals surface area contributed by atoms with E-state index in [9.17, 15) is 22.8 Å². The Morgan fingerprint density at radius 1 is 1.25 bits per heavy atom. The lowest BCUT2D eigenvalue weighted by molar-refractivity contribution is -0.146. The molecule has 0 aliphatic rings. The number of aromatic nitrogens is 2. The maximum Gasteiger partial charge on any atom is 0.451 e. The van der Waals surface area contributed by atoms with Crippen molar-refractivity contribution < 1.29 is 27.5 Å². The van der Waals surface area contributed by atoms with E-state index < -0.39 is 29.9 Å². The van der Waals surface area contributed by atoms with Crippen LogP contribution in [-0.4, -0.2) is 40.7 Å². The fourth-order valence-electron chi connectivity index (χ4n) is 2.43. The van der Waals surface area contributed by atoms with E-state index in [1.165, 1.54) is 13.2 Å². The van der Waals surface area contributed by atoms with Crippen molar-refractivity contribution in [2.45, 2.75) is 37.5 Å². The minimum Gasteiger partial charge on any atom is -0.467 e. The van der Waals surface area contributed by atoms with Crippen molar-refractivity contribution in [3.63, 3.8) is 0 Å². The van der Waals surface area contributed by atoms with Crippen LogP contribution in [0.25, 0.3) is 10.9 Å². The summed E-state index contributed by atoms with van der Waals surface area (Å²) in [4.78, 5) is 31.3. The Morgan fingerprint density at radius 2 is 1.93 bits per heavy atom. The molecule has 6 nitrogen and oxygen atoms in total. The van der Waals surface area contributed by atoms with Crippen LogP contribution in [0.15, 0.2) is 29.3 Å². The van der Waals surface area contributed by atoms with Crippen molar-refractivity contribution >= 4 is 34.5 Å². The monoisotopic (exact) mass is 415 g/mol. The largest absolute Gasteiger partial charge is 0.467 e. The summed E-state index contributed by atoms with van der Waals surface area (Å²) in [5, 5.41) is 3.05. The van der Waals surface area contributed by atoms with E-state index in [4.69, 9.17) is 4.74 Å². The first kappa shape index (κ1) is 21.9. The van der Waals surface area contributed by atoms with Gasteiger partial charge in [0, 0.05) is 5.39 Å². The lowest BCUT2D eigenvalue weighted by Gasteiger charge is -2.21. The Labute approximate surface area is 164 Å². The van der Waals surface area contributed by atoms with Crippen LogP contribution in [0.4, 0.5) is 13.2 Å². The van der Waals surface area contributed by atoms with E-state index in [2.05, 4.69) is 15.3 Å². The molecule has 0 spiro atoms. The Balaban J connectivity index is 2.20. The summed E-state index contributed by atoms with van der Waals surface area (Å²) >= 11 is 0.854. The molecule has 2 rings (SSSR count). The van der Waals surface area contributed by atoms with Gasteiger partial charge in [0.05, 0.1) is 18.4 Å². The number of nitrogens with one attached hydrogen (secondary N) is 1. The van der Waals surface area contributed by atoms with Crippen LogP contribution in [0.1, 0.15) is 26.1 Å². The topological polar surface area (TPSA) is 81.2 Å². The number of alkyl halides is 3. The van der Waals surface area contributed by atoms with Crippen LogP contribution in [0, 0.1) is 5.92 Å². The van der Waals surface area contributed by atoms with Gasteiger partial charge in [0.1, 0.15) is 11.1 Å². The summed E-state index contributed by atoms with van der Waals surface area (Å²) < 4.78 is 43.9. The second-order valence-corrected chi connectivity index (χ2v) is 7.07. The first-order valence-corrected chi connectivity index (χ1v) is 9.49. The number of para-hydroxylation sites is 1. The third-order valence-corrected chi connectivity index (χ3v) is 5.14. The van der Waals surface area contributed by atoms with Crippen molar-refractivity contribution in [1.82, 2.24) is 15.3 Å². The number of esters is 1. The molecule has 0 fully saturated rings. The number of carbonyl (C=O) groups excluding carboxylic acids is 2. The van der Waals surface area contributed by atoms with Gasteiger partial charge in [-0.2, -0.15) is 13.2 Å². The van der Waals surface area contributed by atoms with E-state index in [0.29, 0.717) is 11.8 Å². The van der Waals surface area contributed by atoms with Crippen molar-refractivity contribution in [2.75, 3.05) is 12.9 Å². The highest BCUT2D eigenvalue weighted by atomic mass is 32.2. The molecule has 1 aromatic heterocycles. The number of nitrogens with zero attached hydrogens (tertiary/aromatic N) is 2. The SMILES string of the molecule is CC[C@H](C)[C@@H](NC(=O)CSc1nc(C(F)(F)F)nc2ccccc12)C(=O)OC. The van der Waals surface area contributed by atoms with Crippen molar-refractivity contribution in [3.05, 3.63) is 30.1 Å². The Hall–Kier alpha value is -2.36. The third kappa shape index (κ3) is 5.34. The highest BCUT2D eigenvalue weighted by Gasteiger charge is 2.35. The molecular formula is C18H20F3N3O3S. The van der Waals surface area contributed by atoms with E-state index in [1.54, 1.807) is 25.1 Å². The molecule has 10 heteroatoms. The zero-order valence-corrected chi connectivity index (χ0v) is 16.4. The standard InChI is InChI=1S/C18H20F3N3O3S/c1-4-10(2)14(16(26)27-3)23-13(25)9-28-15-11-7-5-6-8-12(11)22-17(24-15)18(19,20)21/h5-8,10,14H,4,9H2,1-3H3,(H,23,25)/t10-,14+/m0/s1. The van der Waals surface area contributed by atoms with E-state index in [1.807, 2.05) is 6.92 Å². The molecule has 1 aromatic carbocycles. The summed E-state index contributed by atoms with van der Waals surface area (Å²) in [6.45, 7) is 3.66. The Bertz CT molecular complexity index is 861. The molecule has 2 aromatic rings. The van der Waals surface area contributed by atoms with Crippen LogP contribution in [0.2, 0.25) is 0 Å². The maximum atomic E-state index is 13.1. The predicted octanol–water partition coefficient (Wildman–Crippen LogP) is 3.44. The van der Waals surface area contributed by atoms with Gasteiger partial charge in [0.15, 0.2) is 0 Å². The number of thioether (sulfide) groups is 1. The first-order chi connectivity index (χ1) is 13.2. The van der Waals surface area contributed by atoms with E-state index >= 15 is 0 Å². The highest BCUT2D eigenvalue weighted by molar-refractivity contribution is 8.00. The lowest BCUT2D eigenvalue weighted by atomic mass is 9.99. The normalized spacial score (nSPS) is 13.8. The van der Waals surface area contributed by atoms with Gasteiger partial charge in [-0.05, 0) is 12.0 Å². The molecule has 0 bridgehead atoms. The minimum absolute atomic E-state index is 0.0474. The van der Waals surface area contributed by atoms with Crippen LogP contribution in [0.5, 0.6) is 0 Å². The Kier molecular flexibility index (Phi) is 7.22. The number of benzene rings is 1. The zero-order valence-electron chi connectivity index (χ0n) is 15.5. The number of methoxy groups -OCH3 is 1. The van der Waals surface area contributed by atoms with Gasteiger partial charge in [-0.3, -0.25) is 4.79 Å². The van der Waals surface area contributed by atoms with Crippen molar-refractivity contribution in [3.8, 4) is 0 Å². The molecule has 0 saturated carbocycles. The van der Waals surface area contributed by atoms with Crippen LogP contribution >= 0.6 is 11.8 Å². The van der Waals surface area contributed by atoms with Crippen LogP contribution < -0.4 is 5.32 Å². The molecule has 0 aliphatic heterocycles. The smallest absolute Gasteiger partial charge is 0.451 e. The maximum absolute atomic E-state index is 13.1. The van der Waals surface area contributed by atoms with Gasteiger partial charge < -0.3 is 10.1 Å². The van der Waals surface area contributed by atoms with Crippen LogP contribution in [-0.2, 0) is 20.5 Å². The second kappa shape index (κ2) is 9.22. The number of fused-ring (bicyclic) bond motifs is 1. The van der Waals surface area contributed by atoms with Gasteiger partial charge >= 0.3 is 12.1 Å². The molecule has 0 unspecified atom stereocenters. The number of rotatable bonds is 7. The summed E-state index contributed by atoms with van der Waals surface area (Å²) in [6.07, 6.45) is -4.06. The van der Waals surface area contributed by atoms with E-state index in [-0.39, 0.29) is 22.2 Å². The predicted molar refractivity (Wildman–Crippen MR) is 98.7 cm³/mol. The molecule has 0 aliphatic carbocycles. The number of amides is 1. The summed E-state index contributed by atoms with van der Waals surface area (Å²) in [6, 6.07) is 5.44. The molecule has 1 N–H and O–H groups in total. The van der Waals surface area contributed by atoms with Gasteiger partial charge in [0.25, 0.3) is 0 Å². The van der Waals surface area contributed by atoms with Gasteiger partial charge in [-0.15, -0.1) is 0 Å². The number of ether oxygens (including phenoxy) is 1. The van der Waals surface area contributed by atoms with Crippen molar-refractivity contribution in [2.24, 2.45) is 5.92 Å². The average Bonchev–Trinajstić information content (AvgIpc) is 2.68. The Morgan fingerprint density at radius 3 is 2.54 bits per heavy atom. The summed E-state index contributed by atoms with van der Waals surface area (Å²) in [7, 11) is 1.23. The molecule has 1 amide bonds. The highest BCUT2D eigenvalue weighted by Crippen LogP contribution is 2.32. The molecule has 1 heterocycles.